The Morgan fingerprint density at radius 1 is 0.846 bits per heavy atom. The van der Waals surface area contributed by atoms with Crippen molar-refractivity contribution in [2.24, 2.45) is 0 Å². The van der Waals surface area contributed by atoms with Gasteiger partial charge in [-0.2, -0.15) is 0 Å². The maximum absolute atomic E-state index is 11.5. The molecule has 0 aliphatic heterocycles. The third-order valence-corrected chi connectivity index (χ3v) is 5.37. The number of ether oxygens (including phenoxy) is 2. The molecule has 0 saturated heterocycles. The molecule has 0 heterocycles. The van der Waals surface area contributed by atoms with E-state index in [-0.39, 0.29) is 22.8 Å². The van der Waals surface area contributed by atoms with Crippen molar-refractivity contribution in [1.82, 2.24) is 0 Å². The number of thioether (sulfide) groups is 2. The van der Waals surface area contributed by atoms with Crippen molar-refractivity contribution in [3.05, 3.63) is 59.7 Å². The van der Waals surface area contributed by atoms with Gasteiger partial charge in [0.2, 0.25) is 0 Å². The largest absolute Gasteiger partial charge is 0.448 e. The van der Waals surface area contributed by atoms with Crippen LogP contribution in [0.2, 0.25) is 0 Å². The van der Waals surface area contributed by atoms with Crippen LogP contribution in [0.25, 0.3) is 0 Å². The molecular weight excluding hydrogens is 368 g/mol. The Morgan fingerprint density at radius 3 is 1.42 bits per heavy atom. The fraction of sp³-hybridized carbons (Fsp3) is 0.400. The van der Waals surface area contributed by atoms with E-state index in [4.69, 9.17) is 9.47 Å². The highest BCUT2D eigenvalue weighted by molar-refractivity contribution is 7.99. The molecule has 2 unspecified atom stereocenters. The molecule has 0 aromatic heterocycles. The molecule has 0 amide bonds. The molecule has 0 aliphatic rings. The van der Waals surface area contributed by atoms with Crippen molar-refractivity contribution in [1.29, 1.82) is 0 Å². The lowest BCUT2D eigenvalue weighted by Gasteiger charge is -2.14. The number of benzene rings is 1. The molecule has 0 aliphatic carbocycles. The zero-order valence-corrected chi connectivity index (χ0v) is 17.4. The predicted molar refractivity (Wildman–Crippen MR) is 110 cm³/mol. The van der Waals surface area contributed by atoms with Gasteiger partial charge < -0.3 is 9.47 Å². The highest BCUT2D eigenvalue weighted by Gasteiger charge is 2.12. The van der Waals surface area contributed by atoms with Crippen LogP contribution in [0.4, 0.5) is 0 Å². The van der Waals surface area contributed by atoms with E-state index in [1.54, 1.807) is 37.4 Å². The molecule has 1 aromatic rings. The van der Waals surface area contributed by atoms with E-state index in [2.05, 4.69) is 37.4 Å². The lowest BCUT2D eigenvalue weighted by Crippen LogP contribution is -2.12. The summed E-state index contributed by atoms with van der Waals surface area (Å²) in [5.74, 6) is 0.785. The van der Waals surface area contributed by atoms with E-state index in [0.29, 0.717) is 11.1 Å². The molecule has 0 N–H and O–H groups in total. The summed E-state index contributed by atoms with van der Waals surface area (Å²) < 4.78 is 10.5. The van der Waals surface area contributed by atoms with Crippen LogP contribution in [-0.4, -0.2) is 22.8 Å². The summed E-state index contributed by atoms with van der Waals surface area (Å²) in [6.45, 7) is 14.1. The van der Waals surface area contributed by atoms with Crippen LogP contribution in [0.3, 0.4) is 0 Å². The Morgan fingerprint density at radius 2 is 1.15 bits per heavy atom. The second kappa shape index (κ2) is 11.1. The Kier molecular flexibility index (Phi) is 9.59. The third kappa shape index (κ3) is 8.63. The number of hydrogen-bond acceptors (Lipinski definition) is 6. The second-order valence-corrected chi connectivity index (χ2v) is 8.52. The van der Waals surface area contributed by atoms with Crippen molar-refractivity contribution >= 4 is 35.5 Å². The van der Waals surface area contributed by atoms with Crippen LogP contribution < -0.4 is 0 Å². The number of hydrogen-bond donors (Lipinski definition) is 0. The monoisotopic (exact) mass is 394 g/mol. The maximum atomic E-state index is 11.5. The Bertz CT molecular complexity index is 595. The Balaban J connectivity index is 2.39. The van der Waals surface area contributed by atoms with Gasteiger partial charge >= 0.3 is 11.9 Å². The average molecular weight is 395 g/mol. The molecule has 0 spiro atoms. The fourth-order valence-electron chi connectivity index (χ4n) is 1.73. The van der Waals surface area contributed by atoms with E-state index in [1.165, 1.54) is 0 Å². The minimum Gasteiger partial charge on any atom is -0.448 e. The first-order chi connectivity index (χ1) is 12.2. The second-order valence-electron chi connectivity index (χ2n) is 5.95. The molecule has 26 heavy (non-hydrogen) atoms. The van der Waals surface area contributed by atoms with Crippen LogP contribution in [0.5, 0.6) is 0 Å². The van der Waals surface area contributed by atoms with E-state index in [9.17, 15) is 9.59 Å². The number of rotatable bonds is 10. The quantitative estimate of drug-likeness (QED) is 0.313. The normalized spacial score (nSPS) is 12.8. The lowest BCUT2D eigenvalue weighted by molar-refractivity contribution is -0.140. The van der Waals surface area contributed by atoms with Gasteiger partial charge in [0, 0.05) is 22.7 Å². The van der Waals surface area contributed by atoms with E-state index in [1.807, 2.05) is 13.8 Å². The first-order valence-corrected chi connectivity index (χ1v) is 10.3. The van der Waals surface area contributed by atoms with Crippen molar-refractivity contribution in [2.45, 2.75) is 50.1 Å². The third-order valence-electron chi connectivity index (χ3n) is 3.24. The highest BCUT2D eigenvalue weighted by atomic mass is 32.2. The molecule has 142 valence electrons. The molecule has 1 aromatic carbocycles. The van der Waals surface area contributed by atoms with Crippen molar-refractivity contribution < 1.29 is 19.1 Å². The van der Waals surface area contributed by atoms with Gasteiger partial charge in [-0.05, 0) is 38.8 Å². The molecule has 1 rings (SSSR count). The summed E-state index contributed by atoms with van der Waals surface area (Å²) in [4.78, 5) is 22.9. The molecule has 6 heteroatoms. The minimum absolute atomic E-state index is 0.224. The minimum atomic E-state index is -0.362. The van der Waals surface area contributed by atoms with Crippen LogP contribution in [-0.2, 0) is 30.6 Å². The highest BCUT2D eigenvalue weighted by Crippen LogP contribution is 2.22. The molecule has 0 saturated carbocycles. The van der Waals surface area contributed by atoms with Crippen molar-refractivity contribution in [2.75, 3.05) is 0 Å². The zero-order valence-electron chi connectivity index (χ0n) is 15.7. The maximum Gasteiger partial charge on any atom is 0.334 e. The molecule has 0 bridgehead atoms. The summed E-state index contributed by atoms with van der Waals surface area (Å²) in [5, 5.41) is 0. The first kappa shape index (κ1) is 22.4. The zero-order chi connectivity index (χ0) is 19.7. The molecule has 0 radical (unpaired) electrons. The van der Waals surface area contributed by atoms with Gasteiger partial charge in [-0.25, -0.2) is 9.59 Å². The SMILES string of the molecule is C=C(C)C(=O)OC(C)SCc1ccc(CSC(C)OC(=O)C(=C)C)cc1. The number of carbonyl (C=O) groups excluding carboxylic acids is 2. The predicted octanol–water partition coefficient (Wildman–Crippen LogP) is 5.08. The van der Waals surface area contributed by atoms with Crippen LogP contribution in [0.1, 0.15) is 38.8 Å². The molecule has 2 atom stereocenters. The number of carbonyl (C=O) groups is 2. The smallest absolute Gasteiger partial charge is 0.334 e. The van der Waals surface area contributed by atoms with Gasteiger partial charge in [-0.15, -0.1) is 23.5 Å². The van der Waals surface area contributed by atoms with E-state index < -0.39 is 0 Å². The summed E-state index contributed by atoms with van der Waals surface area (Å²) in [5.41, 5.74) is 2.67. The van der Waals surface area contributed by atoms with Crippen LogP contribution >= 0.6 is 23.5 Å². The summed E-state index contributed by atoms with van der Waals surface area (Å²) >= 11 is 3.11. The first-order valence-electron chi connectivity index (χ1n) is 8.23. The molecule has 4 nitrogen and oxygen atoms in total. The summed E-state index contributed by atoms with van der Waals surface area (Å²) in [6.07, 6.45) is 0. The molecule has 0 fully saturated rings. The van der Waals surface area contributed by atoms with Gasteiger partial charge in [-0.3, -0.25) is 0 Å². The van der Waals surface area contributed by atoms with Crippen molar-refractivity contribution in [3.63, 3.8) is 0 Å². The van der Waals surface area contributed by atoms with Gasteiger partial charge in [0.05, 0.1) is 0 Å². The lowest BCUT2D eigenvalue weighted by atomic mass is 10.2. The van der Waals surface area contributed by atoms with Crippen LogP contribution in [0, 0.1) is 0 Å². The standard InChI is InChI=1S/C20H26O4S2/c1-13(2)19(21)23-15(5)25-11-17-7-9-18(10-8-17)12-26-16(6)24-20(22)14(3)4/h7-10,15-16H,1,3,11-12H2,2,4-6H3. The van der Waals surface area contributed by atoms with Crippen LogP contribution in [0.15, 0.2) is 48.6 Å². The topological polar surface area (TPSA) is 52.6 Å². The Hall–Kier alpha value is -1.66. The molecular formula is C20H26O4S2. The van der Waals surface area contributed by atoms with Gasteiger partial charge in [0.1, 0.15) is 10.9 Å². The van der Waals surface area contributed by atoms with E-state index in [0.717, 1.165) is 22.6 Å². The van der Waals surface area contributed by atoms with Gasteiger partial charge in [0.15, 0.2) is 0 Å². The fourth-order valence-corrected chi connectivity index (χ4v) is 3.28. The summed E-state index contributed by atoms with van der Waals surface area (Å²) in [7, 11) is 0. The van der Waals surface area contributed by atoms with E-state index >= 15 is 0 Å². The van der Waals surface area contributed by atoms with Gasteiger partial charge in [-0.1, -0.05) is 37.4 Å². The van der Waals surface area contributed by atoms with Crippen molar-refractivity contribution in [3.8, 4) is 0 Å². The Labute approximate surface area is 164 Å². The van der Waals surface area contributed by atoms with Gasteiger partial charge in [0.25, 0.3) is 0 Å². The average Bonchev–Trinajstić information content (AvgIpc) is 2.58. The summed E-state index contributed by atoms with van der Waals surface area (Å²) in [6, 6.07) is 8.23. The number of esters is 2.